The molecule has 1 aromatic heterocycles. The maximum absolute atomic E-state index is 13.1. The van der Waals surface area contributed by atoms with Gasteiger partial charge in [-0.15, -0.1) is 4.40 Å². The van der Waals surface area contributed by atoms with Gasteiger partial charge in [0.15, 0.2) is 0 Å². The van der Waals surface area contributed by atoms with Gasteiger partial charge in [-0.2, -0.15) is 34.8 Å². The van der Waals surface area contributed by atoms with Crippen LogP contribution >= 0.6 is 0 Å². The molecule has 8 nitrogen and oxygen atoms in total. The minimum absolute atomic E-state index is 0.0522. The average molecular weight is 587 g/mol. The quantitative estimate of drug-likeness (QED) is 0.345. The molecule has 40 heavy (non-hydrogen) atoms. The van der Waals surface area contributed by atoms with Crippen LogP contribution in [0.2, 0.25) is 0 Å². The van der Waals surface area contributed by atoms with Gasteiger partial charge in [0, 0.05) is 0 Å². The number of carbonyl (C=O) groups is 1. The number of imidazole rings is 1. The van der Waals surface area contributed by atoms with E-state index in [2.05, 4.69) is 4.40 Å². The van der Waals surface area contributed by atoms with Crippen LogP contribution in [0.5, 0.6) is 5.75 Å². The van der Waals surface area contributed by atoms with Gasteiger partial charge in [-0.1, -0.05) is 36.4 Å². The molecule has 1 N–H and O–H groups in total. The predicted octanol–water partition coefficient (Wildman–Crippen LogP) is 4.83. The van der Waals surface area contributed by atoms with Crippen LogP contribution in [0.1, 0.15) is 11.1 Å². The van der Waals surface area contributed by atoms with Crippen LogP contribution < -0.4 is 10.4 Å². The number of hydrogen-bond acceptors (Lipinski definition) is 4. The zero-order valence-electron chi connectivity index (χ0n) is 20.1. The summed E-state index contributed by atoms with van der Waals surface area (Å²) >= 11 is 0. The van der Waals surface area contributed by atoms with E-state index in [0.29, 0.717) is 35.5 Å². The van der Waals surface area contributed by atoms with E-state index in [0.717, 1.165) is 12.1 Å². The summed E-state index contributed by atoms with van der Waals surface area (Å²) in [4.78, 5) is 8.95. The normalized spacial score (nSPS) is 13.9. The smallest absolute Gasteiger partial charge is 0.489 e. The Labute approximate surface area is 222 Å². The van der Waals surface area contributed by atoms with Crippen molar-refractivity contribution >= 4 is 27.0 Å². The molecule has 2 heterocycles. The summed E-state index contributed by atoms with van der Waals surface area (Å²) in [6.45, 7) is 0.861. The Morgan fingerprint density at radius 2 is 1.55 bits per heavy atom. The van der Waals surface area contributed by atoms with Gasteiger partial charge in [0.1, 0.15) is 17.9 Å². The fourth-order valence-electron chi connectivity index (χ4n) is 3.92. The van der Waals surface area contributed by atoms with Gasteiger partial charge in [-0.25, -0.2) is 4.79 Å². The molecule has 0 unspecified atom stereocenters. The summed E-state index contributed by atoms with van der Waals surface area (Å²) in [6.07, 6.45) is -9.52. The maximum Gasteiger partial charge on any atom is 0.490 e. The van der Waals surface area contributed by atoms with Crippen LogP contribution in [-0.4, -0.2) is 41.4 Å². The number of aliphatic carboxylic acids is 1. The Morgan fingerprint density at radius 3 is 2.12 bits per heavy atom. The molecule has 15 heteroatoms. The summed E-state index contributed by atoms with van der Waals surface area (Å²) in [7, 11) is -4.03. The zero-order valence-corrected chi connectivity index (χ0v) is 21.0. The number of hydrogen-bond donors (Lipinski definition) is 1. The SMILES string of the molecule is O=C(O)C(F)(F)F.O=S(=O)(N=c1n(Cc2ccc(C(F)(F)F)cc2)c2cccc3c2n1CCO3)c1ccccc1. The van der Waals surface area contributed by atoms with Crippen molar-refractivity contribution in [2.75, 3.05) is 6.61 Å². The highest BCUT2D eigenvalue weighted by Gasteiger charge is 2.38. The van der Waals surface area contributed by atoms with E-state index >= 15 is 0 Å². The lowest BCUT2D eigenvalue weighted by Gasteiger charge is -2.15. The number of halogens is 6. The van der Waals surface area contributed by atoms with Crippen LogP contribution in [0, 0.1) is 0 Å². The standard InChI is InChI=1S/C23H18F3N3O3S.C2HF3O2/c24-23(25,26)17-11-9-16(10-12-17)15-29-19-7-4-8-20-21(19)28(13-14-32-20)22(29)27-33(30,31)18-5-2-1-3-6-18;3-2(4,5)1(6)7/h1-12H,13-15H2;(H,6,7). The van der Waals surface area contributed by atoms with E-state index < -0.39 is 33.9 Å². The minimum atomic E-state index is -5.08. The Bertz CT molecular complexity index is 1710. The summed E-state index contributed by atoms with van der Waals surface area (Å²) in [6, 6.07) is 18.0. The molecular weight excluding hydrogens is 568 g/mol. The maximum atomic E-state index is 13.1. The van der Waals surface area contributed by atoms with Gasteiger partial charge in [0.25, 0.3) is 10.0 Å². The van der Waals surface area contributed by atoms with Gasteiger partial charge in [0.05, 0.1) is 29.1 Å². The van der Waals surface area contributed by atoms with Gasteiger partial charge >= 0.3 is 18.3 Å². The molecule has 1 aliphatic rings. The molecule has 4 aromatic rings. The van der Waals surface area contributed by atoms with E-state index in [4.69, 9.17) is 14.6 Å². The lowest BCUT2D eigenvalue weighted by atomic mass is 10.1. The number of carboxylic acid groups (broad SMARTS) is 1. The van der Waals surface area contributed by atoms with Crippen molar-refractivity contribution in [1.82, 2.24) is 9.13 Å². The molecule has 0 spiro atoms. The third-order valence-electron chi connectivity index (χ3n) is 5.70. The van der Waals surface area contributed by atoms with Crippen molar-refractivity contribution in [2.45, 2.75) is 30.3 Å². The number of alkyl halides is 6. The Kier molecular flexibility index (Phi) is 7.70. The summed E-state index contributed by atoms with van der Waals surface area (Å²) in [5.41, 5.74) is 1.38. The van der Waals surface area contributed by atoms with Crippen LogP contribution in [0.15, 0.2) is 82.1 Å². The van der Waals surface area contributed by atoms with Gasteiger partial charge in [-0.05, 0) is 42.0 Å². The molecule has 3 aromatic carbocycles. The van der Waals surface area contributed by atoms with Crippen molar-refractivity contribution in [3.8, 4) is 5.75 Å². The topological polar surface area (TPSA) is 103 Å². The Hall–Kier alpha value is -4.27. The molecule has 1 aliphatic heterocycles. The number of nitrogens with zero attached hydrogens (tertiary/aromatic N) is 3. The van der Waals surface area contributed by atoms with Crippen molar-refractivity contribution in [2.24, 2.45) is 4.40 Å². The number of carboxylic acids is 1. The highest BCUT2D eigenvalue weighted by molar-refractivity contribution is 7.90. The highest BCUT2D eigenvalue weighted by atomic mass is 32.2. The van der Waals surface area contributed by atoms with Crippen LogP contribution in [0.4, 0.5) is 26.3 Å². The number of rotatable bonds is 4. The average Bonchev–Trinajstić information content (AvgIpc) is 3.18. The molecule has 0 saturated carbocycles. The molecule has 0 amide bonds. The van der Waals surface area contributed by atoms with Gasteiger partial charge < -0.3 is 19.0 Å². The first-order chi connectivity index (χ1) is 18.7. The molecule has 0 saturated heterocycles. The molecule has 0 atom stereocenters. The van der Waals surface area contributed by atoms with Gasteiger partial charge in [-0.3, -0.25) is 0 Å². The predicted molar refractivity (Wildman–Crippen MR) is 129 cm³/mol. The number of ether oxygens (including phenoxy) is 1. The Morgan fingerprint density at radius 1 is 0.925 bits per heavy atom. The third-order valence-corrected chi connectivity index (χ3v) is 6.97. The number of para-hydroxylation sites is 1. The summed E-state index contributed by atoms with van der Waals surface area (Å²) < 4.78 is 110. The molecule has 0 fully saturated rings. The van der Waals surface area contributed by atoms with Crippen LogP contribution in [-0.2, 0) is 34.1 Å². The number of sulfonamides is 1. The number of aromatic nitrogens is 2. The lowest BCUT2D eigenvalue weighted by molar-refractivity contribution is -0.192. The van der Waals surface area contributed by atoms with Crippen molar-refractivity contribution in [1.29, 1.82) is 0 Å². The first-order valence-electron chi connectivity index (χ1n) is 11.4. The summed E-state index contributed by atoms with van der Waals surface area (Å²) in [5, 5.41) is 7.12. The first kappa shape index (κ1) is 28.7. The zero-order chi connectivity index (χ0) is 29.3. The van der Waals surface area contributed by atoms with E-state index in [1.165, 1.54) is 24.3 Å². The molecule has 0 aliphatic carbocycles. The monoisotopic (exact) mass is 587 g/mol. The van der Waals surface area contributed by atoms with Crippen molar-refractivity contribution in [3.05, 3.63) is 89.5 Å². The van der Waals surface area contributed by atoms with Gasteiger partial charge in [0.2, 0.25) is 5.62 Å². The van der Waals surface area contributed by atoms with Crippen LogP contribution in [0.3, 0.4) is 0 Å². The molecule has 0 bridgehead atoms. The molecule has 0 radical (unpaired) electrons. The Balaban J connectivity index is 0.000000470. The van der Waals surface area contributed by atoms with E-state index in [9.17, 15) is 34.8 Å². The van der Waals surface area contributed by atoms with E-state index in [1.54, 1.807) is 39.5 Å². The number of benzene rings is 3. The molecule has 212 valence electrons. The summed E-state index contributed by atoms with van der Waals surface area (Å²) in [5.74, 6) is -2.16. The van der Waals surface area contributed by atoms with Crippen LogP contribution in [0.25, 0.3) is 11.0 Å². The minimum Gasteiger partial charge on any atom is -0.489 e. The second-order valence-electron chi connectivity index (χ2n) is 8.39. The third kappa shape index (κ3) is 6.14. The molecule has 5 rings (SSSR count). The lowest BCUT2D eigenvalue weighted by Crippen LogP contribution is -2.31. The molecular formula is C25H19F6N3O5S. The van der Waals surface area contributed by atoms with Crippen molar-refractivity contribution in [3.63, 3.8) is 0 Å². The second kappa shape index (κ2) is 10.7. The van der Waals surface area contributed by atoms with E-state index in [-0.39, 0.29) is 17.1 Å². The van der Waals surface area contributed by atoms with E-state index in [1.807, 2.05) is 6.07 Å². The largest absolute Gasteiger partial charge is 0.490 e. The van der Waals surface area contributed by atoms with Crippen molar-refractivity contribution < 1.29 is 49.4 Å². The fourth-order valence-corrected chi connectivity index (χ4v) is 4.94. The fraction of sp³-hybridized carbons (Fsp3) is 0.200. The second-order valence-corrected chi connectivity index (χ2v) is 9.99. The first-order valence-corrected chi connectivity index (χ1v) is 12.8. The highest BCUT2D eigenvalue weighted by Crippen LogP contribution is 2.31.